The quantitative estimate of drug-likeness (QED) is 0.599. The van der Waals surface area contributed by atoms with Gasteiger partial charge in [-0.15, -0.1) is 10.2 Å². The van der Waals surface area contributed by atoms with E-state index in [1.165, 1.54) is 90.6 Å². The first-order valence-electron chi connectivity index (χ1n) is 9.94. The van der Waals surface area contributed by atoms with Crippen LogP contribution in [0.4, 0.5) is 0 Å². The van der Waals surface area contributed by atoms with E-state index in [0.717, 1.165) is 20.2 Å². The van der Waals surface area contributed by atoms with Crippen LogP contribution in [0, 0.1) is 0 Å². The zero-order valence-electron chi connectivity index (χ0n) is 15.3. The van der Waals surface area contributed by atoms with Crippen molar-refractivity contribution in [2.45, 2.75) is 60.0 Å². The number of nitrogens with zero attached hydrogens (tertiary/aromatic N) is 4. The molecule has 0 aromatic carbocycles. The molecule has 0 bridgehead atoms. The lowest BCUT2D eigenvalue weighted by molar-refractivity contribution is 0.303. The monoisotopic (exact) mass is 400 g/mol. The first kappa shape index (κ1) is 19.9. The molecule has 2 fully saturated rings. The standard InChI is InChI=1S/C18H32N4S3/c1-2-6-10-21(9-5-1)13-15-23-17-19-20-18(25-17)24-16-14-22-11-7-3-4-8-12-22/h1-16H2. The third-order valence-electron chi connectivity index (χ3n) is 5.05. The minimum Gasteiger partial charge on any atom is -0.303 e. The second-order valence-corrected chi connectivity index (χ2v) is 10.7. The van der Waals surface area contributed by atoms with Crippen molar-refractivity contribution in [1.29, 1.82) is 0 Å². The molecule has 1 aromatic rings. The topological polar surface area (TPSA) is 32.3 Å². The fraction of sp³-hybridized carbons (Fsp3) is 0.889. The van der Waals surface area contributed by atoms with Crippen molar-refractivity contribution in [2.24, 2.45) is 0 Å². The molecule has 3 heterocycles. The molecule has 2 saturated heterocycles. The van der Waals surface area contributed by atoms with Crippen LogP contribution in [0.1, 0.15) is 51.4 Å². The van der Waals surface area contributed by atoms with Gasteiger partial charge in [-0.05, 0) is 51.9 Å². The van der Waals surface area contributed by atoms with Crippen LogP contribution in [-0.4, -0.2) is 70.8 Å². The molecule has 3 rings (SSSR count). The smallest absolute Gasteiger partial charge is 0.175 e. The van der Waals surface area contributed by atoms with E-state index in [-0.39, 0.29) is 0 Å². The van der Waals surface area contributed by atoms with Crippen LogP contribution < -0.4 is 0 Å². The maximum atomic E-state index is 4.38. The molecule has 0 radical (unpaired) electrons. The average molecular weight is 401 g/mol. The zero-order chi connectivity index (χ0) is 17.2. The molecule has 0 saturated carbocycles. The molecule has 1 aromatic heterocycles. The Hall–Kier alpha value is 0.180. The highest BCUT2D eigenvalue weighted by atomic mass is 32.2. The molecular formula is C18H32N4S3. The minimum atomic E-state index is 1.15. The molecule has 0 N–H and O–H groups in total. The SMILES string of the molecule is C1CCCN(CCSc2nnc(SCCN3CCCCCC3)s2)CC1. The molecule has 0 spiro atoms. The molecule has 2 aliphatic heterocycles. The van der Waals surface area contributed by atoms with Crippen LogP contribution in [0.5, 0.6) is 0 Å². The third kappa shape index (κ3) is 7.75. The highest BCUT2D eigenvalue weighted by Crippen LogP contribution is 2.29. The first-order chi connectivity index (χ1) is 12.4. The fourth-order valence-electron chi connectivity index (χ4n) is 3.56. The van der Waals surface area contributed by atoms with Crippen molar-refractivity contribution < 1.29 is 0 Å². The number of aromatic nitrogens is 2. The van der Waals surface area contributed by atoms with E-state index in [0.29, 0.717) is 0 Å². The molecule has 7 heteroatoms. The van der Waals surface area contributed by atoms with Gasteiger partial charge in [0.2, 0.25) is 0 Å². The van der Waals surface area contributed by atoms with Crippen molar-refractivity contribution in [3.8, 4) is 0 Å². The van der Waals surface area contributed by atoms with Crippen LogP contribution in [-0.2, 0) is 0 Å². The summed E-state index contributed by atoms with van der Waals surface area (Å²) in [6.45, 7) is 7.54. The summed E-state index contributed by atoms with van der Waals surface area (Å²) >= 11 is 5.55. The lowest BCUT2D eigenvalue weighted by Crippen LogP contribution is -2.26. The second-order valence-electron chi connectivity index (χ2n) is 7.04. The first-order valence-corrected chi connectivity index (χ1v) is 12.7. The maximum absolute atomic E-state index is 4.38. The van der Waals surface area contributed by atoms with Gasteiger partial charge in [0.05, 0.1) is 0 Å². The van der Waals surface area contributed by atoms with Crippen LogP contribution in [0.3, 0.4) is 0 Å². The van der Waals surface area contributed by atoms with Gasteiger partial charge in [0.15, 0.2) is 8.68 Å². The minimum absolute atomic E-state index is 1.15. The van der Waals surface area contributed by atoms with E-state index in [1.807, 2.05) is 23.5 Å². The van der Waals surface area contributed by atoms with Crippen molar-refractivity contribution in [3.05, 3.63) is 0 Å². The van der Waals surface area contributed by atoms with E-state index >= 15 is 0 Å². The predicted octanol–water partition coefficient (Wildman–Crippen LogP) is 4.47. The van der Waals surface area contributed by atoms with Crippen molar-refractivity contribution in [3.63, 3.8) is 0 Å². The number of hydrogen-bond acceptors (Lipinski definition) is 7. The lowest BCUT2D eigenvalue weighted by Gasteiger charge is -2.18. The summed E-state index contributed by atoms with van der Waals surface area (Å²) < 4.78 is 2.29. The highest BCUT2D eigenvalue weighted by Gasteiger charge is 2.12. The summed E-state index contributed by atoms with van der Waals surface area (Å²) in [6, 6.07) is 0. The normalized spacial score (nSPS) is 21.1. The van der Waals surface area contributed by atoms with Gasteiger partial charge in [0, 0.05) is 24.6 Å². The van der Waals surface area contributed by atoms with E-state index in [1.54, 1.807) is 11.3 Å². The Balaban J connectivity index is 1.30. The molecule has 142 valence electrons. The Morgan fingerprint density at radius 3 is 1.44 bits per heavy atom. The number of likely N-dealkylation sites (tertiary alicyclic amines) is 2. The van der Waals surface area contributed by atoms with Crippen molar-refractivity contribution in [2.75, 3.05) is 50.8 Å². The summed E-state index contributed by atoms with van der Waals surface area (Å²) in [4.78, 5) is 5.25. The molecule has 0 atom stereocenters. The van der Waals surface area contributed by atoms with E-state index in [2.05, 4.69) is 20.0 Å². The average Bonchev–Trinajstić information content (AvgIpc) is 2.83. The Bertz CT molecular complexity index is 426. The van der Waals surface area contributed by atoms with Gasteiger partial charge in [-0.25, -0.2) is 0 Å². The van der Waals surface area contributed by atoms with E-state index < -0.39 is 0 Å². The Morgan fingerprint density at radius 1 is 0.640 bits per heavy atom. The summed E-state index contributed by atoms with van der Waals surface area (Å²) in [7, 11) is 0. The van der Waals surface area contributed by atoms with Gasteiger partial charge in [0.1, 0.15) is 0 Å². The largest absolute Gasteiger partial charge is 0.303 e. The molecular weight excluding hydrogens is 368 g/mol. The Kier molecular flexibility index (Phi) is 9.41. The van der Waals surface area contributed by atoms with Gasteiger partial charge in [-0.1, -0.05) is 60.5 Å². The number of hydrogen-bond donors (Lipinski definition) is 0. The molecule has 2 aliphatic rings. The van der Waals surface area contributed by atoms with Gasteiger partial charge in [0.25, 0.3) is 0 Å². The summed E-state index contributed by atoms with van der Waals surface area (Å²) in [6.07, 6.45) is 11.2. The van der Waals surface area contributed by atoms with Crippen molar-refractivity contribution in [1.82, 2.24) is 20.0 Å². The van der Waals surface area contributed by atoms with Crippen molar-refractivity contribution >= 4 is 34.9 Å². The van der Waals surface area contributed by atoms with Crippen LogP contribution in [0.15, 0.2) is 8.68 Å². The fourth-order valence-corrected chi connectivity index (χ4v) is 6.72. The zero-order valence-corrected chi connectivity index (χ0v) is 17.8. The Morgan fingerprint density at radius 2 is 1.04 bits per heavy atom. The van der Waals surface area contributed by atoms with E-state index in [9.17, 15) is 0 Å². The van der Waals surface area contributed by atoms with Crippen LogP contribution >= 0.6 is 34.9 Å². The third-order valence-corrected chi connectivity index (χ3v) is 8.20. The molecule has 4 nitrogen and oxygen atoms in total. The second kappa shape index (κ2) is 11.8. The van der Waals surface area contributed by atoms with Gasteiger partial charge < -0.3 is 9.80 Å². The van der Waals surface area contributed by atoms with Crippen LogP contribution in [0.25, 0.3) is 0 Å². The molecule has 0 amide bonds. The Labute approximate surface area is 165 Å². The predicted molar refractivity (Wildman–Crippen MR) is 111 cm³/mol. The van der Waals surface area contributed by atoms with Crippen LogP contribution in [0.2, 0.25) is 0 Å². The summed E-state index contributed by atoms with van der Waals surface area (Å²) in [5, 5.41) is 8.75. The van der Waals surface area contributed by atoms with Gasteiger partial charge in [-0.3, -0.25) is 0 Å². The number of thioether (sulfide) groups is 2. The van der Waals surface area contributed by atoms with Gasteiger partial charge >= 0.3 is 0 Å². The van der Waals surface area contributed by atoms with Gasteiger partial charge in [-0.2, -0.15) is 0 Å². The highest BCUT2D eigenvalue weighted by molar-refractivity contribution is 8.03. The lowest BCUT2D eigenvalue weighted by atomic mass is 10.2. The maximum Gasteiger partial charge on any atom is 0.175 e. The molecule has 0 aliphatic carbocycles. The molecule has 0 unspecified atom stereocenters. The summed E-state index contributed by atoms with van der Waals surface area (Å²) in [5.74, 6) is 2.29. The molecule has 25 heavy (non-hydrogen) atoms. The number of rotatable bonds is 8. The van der Waals surface area contributed by atoms with E-state index in [4.69, 9.17) is 0 Å². The summed E-state index contributed by atoms with van der Waals surface area (Å²) in [5.41, 5.74) is 0.